The van der Waals surface area contributed by atoms with E-state index < -0.39 is 0 Å². The topological polar surface area (TPSA) is 76.4 Å². The molecule has 0 unspecified atom stereocenters. The lowest BCUT2D eigenvalue weighted by Crippen LogP contribution is -2.40. The van der Waals surface area contributed by atoms with Crippen LogP contribution in [0.4, 0.5) is 0 Å². The monoisotopic (exact) mass is 436 g/mol. The quantitative estimate of drug-likeness (QED) is 0.292. The number of aliphatic imine (C=N–C) groups is 1. The van der Waals surface area contributed by atoms with Crippen molar-refractivity contribution in [1.82, 2.24) is 25.4 Å². The lowest BCUT2D eigenvalue weighted by Gasteiger charge is -2.12. The number of aryl methyl sites for hydroxylation is 1. The summed E-state index contributed by atoms with van der Waals surface area (Å²) in [5.74, 6) is 3.02. The normalized spacial score (nSPS) is 14.6. The summed E-state index contributed by atoms with van der Waals surface area (Å²) in [6.45, 7) is 6.04. The van der Waals surface area contributed by atoms with Crippen molar-refractivity contribution in [3.63, 3.8) is 0 Å². The van der Waals surface area contributed by atoms with Gasteiger partial charge in [0.15, 0.2) is 5.96 Å². The van der Waals surface area contributed by atoms with Crippen LogP contribution in [-0.4, -0.2) is 54.1 Å². The number of nitrogens with one attached hydrogen (secondary N) is 2. The van der Waals surface area contributed by atoms with Crippen LogP contribution in [0.1, 0.15) is 37.8 Å². The summed E-state index contributed by atoms with van der Waals surface area (Å²) in [5, 5.41) is 15.2. The number of aromatic nitrogens is 3. The first-order chi connectivity index (χ1) is 10.8. The Balaban J connectivity index is 0.00000264. The molecule has 0 saturated carbocycles. The van der Waals surface area contributed by atoms with Gasteiger partial charge in [0.05, 0.1) is 6.61 Å². The van der Waals surface area contributed by atoms with Gasteiger partial charge in [0.1, 0.15) is 11.6 Å². The fourth-order valence-corrected chi connectivity index (χ4v) is 2.63. The van der Waals surface area contributed by atoms with Crippen molar-refractivity contribution in [2.24, 2.45) is 4.99 Å². The second-order valence-electron chi connectivity index (χ2n) is 5.37. The van der Waals surface area contributed by atoms with Gasteiger partial charge < -0.3 is 19.9 Å². The van der Waals surface area contributed by atoms with Crippen molar-refractivity contribution in [3.8, 4) is 0 Å². The zero-order chi connectivity index (χ0) is 15.6. The molecule has 0 saturated heterocycles. The first kappa shape index (κ1) is 20.1. The highest BCUT2D eigenvalue weighted by molar-refractivity contribution is 14.0. The standard InChI is InChI=1S/C15H28N6O.HI/c1-3-22-12-10-18-15(16-2)17-9-8-14-20-19-13-7-5-4-6-11-21(13)14;/h3-12H2,1-2H3,(H2,16,17,18);1H. The summed E-state index contributed by atoms with van der Waals surface area (Å²) in [6, 6.07) is 0. The summed E-state index contributed by atoms with van der Waals surface area (Å²) in [7, 11) is 1.78. The summed E-state index contributed by atoms with van der Waals surface area (Å²) in [5.41, 5.74) is 0. The van der Waals surface area contributed by atoms with Crippen molar-refractivity contribution < 1.29 is 4.74 Å². The maximum absolute atomic E-state index is 5.30. The van der Waals surface area contributed by atoms with Crippen LogP contribution in [-0.2, 0) is 24.1 Å². The fourth-order valence-electron chi connectivity index (χ4n) is 2.63. The zero-order valence-electron chi connectivity index (χ0n) is 14.2. The molecular formula is C15H29IN6O. The Morgan fingerprint density at radius 2 is 2.04 bits per heavy atom. The lowest BCUT2D eigenvalue weighted by molar-refractivity contribution is 0.152. The number of guanidine groups is 1. The SMILES string of the molecule is CCOCCNC(=NC)NCCc1nnc2n1CCCCC2.I. The largest absolute Gasteiger partial charge is 0.380 e. The van der Waals surface area contributed by atoms with E-state index in [4.69, 9.17) is 4.74 Å². The number of hydrogen-bond donors (Lipinski definition) is 2. The Morgan fingerprint density at radius 1 is 1.22 bits per heavy atom. The van der Waals surface area contributed by atoms with Gasteiger partial charge in [-0.1, -0.05) is 6.42 Å². The molecule has 1 aliphatic rings. The van der Waals surface area contributed by atoms with Gasteiger partial charge in [0, 0.05) is 46.1 Å². The van der Waals surface area contributed by atoms with E-state index in [2.05, 4.69) is 30.4 Å². The van der Waals surface area contributed by atoms with Gasteiger partial charge in [-0.3, -0.25) is 4.99 Å². The Hall–Kier alpha value is -0.900. The lowest BCUT2D eigenvalue weighted by atomic mass is 10.2. The molecule has 0 bridgehead atoms. The van der Waals surface area contributed by atoms with E-state index in [1.165, 1.54) is 19.3 Å². The second kappa shape index (κ2) is 11.6. The van der Waals surface area contributed by atoms with E-state index in [0.717, 1.165) is 56.7 Å². The molecule has 0 aromatic carbocycles. The van der Waals surface area contributed by atoms with Crippen molar-refractivity contribution in [2.75, 3.05) is 33.4 Å². The van der Waals surface area contributed by atoms with Crippen molar-refractivity contribution in [1.29, 1.82) is 0 Å². The summed E-state index contributed by atoms with van der Waals surface area (Å²) >= 11 is 0. The highest BCUT2D eigenvalue weighted by Crippen LogP contribution is 2.14. The molecule has 0 fully saturated rings. The molecule has 1 aromatic heterocycles. The second-order valence-corrected chi connectivity index (χ2v) is 5.37. The van der Waals surface area contributed by atoms with Gasteiger partial charge in [-0.05, 0) is 19.8 Å². The number of halogens is 1. The molecule has 1 aliphatic heterocycles. The predicted molar refractivity (Wildman–Crippen MR) is 103 cm³/mol. The Bertz CT molecular complexity index is 477. The molecule has 23 heavy (non-hydrogen) atoms. The predicted octanol–water partition coefficient (Wildman–Crippen LogP) is 1.37. The van der Waals surface area contributed by atoms with Gasteiger partial charge in [-0.15, -0.1) is 34.2 Å². The molecule has 0 spiro atoms. The van der Waals surface area contributed by atoms with Crippen LogP contribution in [0, 0.1) is 0 Å². The van der Waals surface area contributed by atoms with Crippen LogP contribution < -0.4 is 10.6 Å². The molecule has 7 nitrogen and oxygen atoms in total. The maximum atomic E-state index is 5.30. The van der Waals surface area contributed by atoms with Crippen LogP contribution in [0.5, 0.6) is 0 Å². The minimum atomic E-state index is 0. The third-order valence-corrected chi connectivity index (χ3v) is 3.79. The molecule has 1 aromatic rings. The van der Waals surface area contributed by atoms with E-state index in [0.29, 0.717) is 6.61 Å². The van der Waals surface area contributed by atoms with Crippen LogP contribution in [0.25, 0.3) is 0 Å². The van der Waals surface area contributed by atoms with Crippen LogP contribution in [0.15, 0.2) is 4.99 Å². The summed E-state index contributed by atoms with van der Waals surface area (Å²) < 4.78 is 7.59. The molecule has 0 atom stereocenters. The minimum absolute atomic E-state index is 0. The third kappa shape index (κ3) is 6.62. The highest BCUT2D eigenvalue weighted by atomic mass is 127. The summed E-state index contributed by atoms with van der Waals surface area (Å²) in [6.07, 6.45) is 5.66. The average Bonchev–Trinajstić information content (AvgIpc) is 2.77. The number of rotatable bonds is 7. The first-order valence-electron chi connectivity index (χ1n) is 8.28. The molecule has 2 heterocycles. The van der Waals surface area contributed by atoms with Gasteiger partial charge in [0.25, 0.3) is 0 Å². The number of fused-ring (bicyclic) bond motifs is 1. The van der Waals surface area contributed by atoms with E-state index in [1.807, 2.05) is 6.92 Å². The van der Waals surface area contributed by atoms with Crippen LogP contribution >= 0.6 is 24.0 Å². The first-order valence-corrected chi connectivity index (χ1v) is 8.28. The molecule has 2 N–H and O–H groups in total. The fraction of sp³-hybridized carbons (Fsp3) is 0.800. The third-order valence-electron chi connectivity index (χ3n) is 3.79. The Morgan fingerprint density at radius 3 is 2.83 bits per heavy atom. The highest BCUT2D eigenvalue weighted by Gasteiger charge is 2.14. The molecule has 0 amide bonds. The Kier molecular flexibility index (Phi) is 10.2. The molecule has 2 rings (SSSR count). The maximum Gasteiger partial charge on any atom is 0.191 e. The molecular weight excluding hydrogens is 407 g/mol. The van der Waals surface area contributed by atoms with E-state index >= 15 is 0 Å². The van der Waals surface area contributed by atoms with Crippen molar-refractivity contribution >= 4 is 29.9 Å². The molecule has 8 heteroatoms. The van der Waals surface area contributed by atoms with Gasteiger partial charge in [-0.2, -0.15) is 0 Å². The summed E-state index contributed by atoms with van der Waals surface area (Å²) in [4.78, 5) is 4.20. The smallest absolute Gasteiger partial charge is 0.191 e. The minimum Gasteiger partial charge on any atom is -0.380 e. The van der Waals surface area contributed by atoms with E-state index in [-0.39, 0.29) is 24.0 Å². The Labute approximate surface area is 155 Å². The van der Waals surface area contributed by atoms with Crippen LogP contribution in [0.3, 0.4) is 0 Å². The van der Waals surface area contributed by atoms with Crippen molar-refractivity contribution in [3.05, 3.63) is 11.6 Å². The zero-order valence-corrected chi connectivity index (χ0v) is 16.5. The van der Waals surface area contributed by atoms with Gasteiger partial charge in [-0.25, -0.2) is 0 Å². The van der Waals surface area contributed by atoms with Crippen molar-refractivity contribution in [2.45, 2.75) is 45.6 Å². The average molecular weight is 436 g/mol. The molecule has 132 valence electrons. The van der Waals surface area contributed by atoms with Crippen LogP contribution in [0.2, 0.25) is 0 Å². The number of hydrogen-bond acceptors (Lipinski definition) is 4. The van der Waals surface area contributed by atoms with Gasteiger partial charge in [0.2, 0.25) is 0 Å². The van der Waals surface area contributed by atoms with E-state index in [9.17, 15) is 0 Å². The number of ether oxygens (including phenoxy) is 1. The number of nitrogens with zero attached hydrogens (tertiary/aromatic N) is 4. The molecule has 0 radical (unpaired) electrons. The van der Waals surface area contributed by atoms with E-state index in [1.54, 1.807) is 7.05 Å². The van der Waals surface area contributed by atoms with Gasteiger partial charge >= 0.3 is 0 Å². The molecule has 0 aliphatic carbocycles.